The Morgan fingerprint density at radius 2 is 2.10 bits per heavy atom. The van der Waals surface area contributed by atoms with Crippen LogP contribution in [0.2, 0.25) is 0 Å². The maximum atomic E-state index is 13.9. The van der Waals surface area contributed by atoms with E-state index in [1.54, 1.807) is 6.33 Å². The summed E-state index contributed by atoms with van der Waals surface area (Å²) in [6.45, 7) is -0.173. The molecule has 2 aliphatic rings. The van der Waals surface area contributed by atoms with Gasteiger partial charge in [-0.1, -0.05) is 6.42 Å². The molecule has 0 bridgehead atoms. The molecule has 4 rings (SSSR count). The largest absolute Gasteiger partial charge is 0.346 e. The number of fused-ring (bicyclic) bond motifs is 1. The second-order valence-electron chi connectivity index (χ2n) is 6.27. The fraction of sp³-hybridized carbons (Fsp3) is 0.600. The first-order valence-corrected chi connectivity index (χ1v) is 7.52. The lowest BCUT2D eigenvalue weighted by molar-refractivity contribution is -0.160. The van der Waals surface area contributed by atoms with E-state index < -0.39 is 11.5 Å². The van der Waals surface area contributed by atoms with Crippen LogP contribution in [-0.4, -0.2) is 33.0 Å². The van der Waals surface area contributed by atoms with E-state index in [9.17, 15) is 8.78 Å². The maximum Gasteiger partial charge on any atom is 0.278 e. The second kappa shape index (κ2) is 4.47. The summed E-state index contributed by atoms with van der Waals surface area (Å²) in [5, 5.41) is 4.03. The smallest absolute Gasteiger partial charge is 0.278 e. The molecule has 2 N–H and O–H groups in total. The molecule has 21 heavy (non-hydrogen) atoms. The predicted octanol–water partition coefficient (Wildman–Crippen LogP) is 2.98. The van der Waals surface area contributed by atoms with Gasteiger partial charge in [-0.05, 0) is 31.7 Å². The summed E-state index contributed by atoms with van der Waals surface area (Å²) in [4.78, 5) is 11.7. The highest BCUT2D eigenvalue weighted by molar-refractivity contribution is 5.78. The lowest BCUT2D eigenvalue weighted by Crippen LogP contribution is -2.73. The van der Waals surface area contributed by atoms with Crippen LogP contribution in [0.4, 0.5) is 8.78 Å². The van der Waals surface area contributed by atoms with Crippen LogP contribution in [0.15, 0.2) is 18.6 Å². The summed E-state index contributed by atoms with van der Waals surface area (Å²) < 4.78 is 27.8. The lowest BCUT2D eigenvalue weighted by Gasteiger charge is -2.50. The van der Waals surface area contributed by atoms with Gasteiger partial charge in [0, 0.05) is 17.5 Å². The molecule has 0 radical (unpaired) electrons. The summed E-state index contributed by atoms with van der Waals surface area (Å²) in [6, 6.07) is 1.97. The Kier molecular flexibility index (Phi) is 2.79. The number of aromatic nitrogens is 3. The van der Waals surface area contributed by atoms with Crippen LogP contribution in [0.1, 0.15) is 43.7 Å². The summed E-state index contributed by atoms with van der Waals surface area (Å²) in [6.07, 6.45) is 6.95. The molecule has 1 saturated carbocycles. The highest BCUT2D eigenvalue weighted by atomic mass is 19.3. The van der Waals surface area contributed by atoms with Gasteiger partial charge >= 0.3 is 0 Å². The zero-order valence-electron chi connectivity index (χ0n) is 11.7. The third kappa shape index (κ3) is 1.88. The number of aromatic amines is 1. The maximum absolute atomic E-state index is 13.9. The molecule has 1 spiro atoms. The molecule has 1 aliphatic carbocycles. The SMILES string of the molecule is FC1(F)CNC12CCCC(c1ncnc3[nH]ccc13)CC2. The van der Waals surface area contributed by atoms with Gasteiger partial charge in [0.05, 0.1) is 17.8 Å². The summed E-state index contributed by atoms with van der Waals surface area (Å²) in [7, 11) is 0. The van der Waals surface area contributed by atoms with Gasteiger partial charge in [-0.25, -0.2) is 18.7 Å². The first-order chi connectivity index (χ1) is 10.1. The second-order valence-corrected chi connectivity index (χ2v) is 6.27. The Labute approximate surface area is 121 Å². The fourth-order valence-corrected chi connectivity index (χ4v) is 3.85. The van der Waals surface area contributed by atoms with Gasteiger partial charge < -0.3 is 10.3 Å². The van der Waals surface area contributed by atoms with E-state index in [1.165, 1.54) is 0 Å². The molecule has 2 aromatic rings. The van der Waals surface area contributed by atoms with Gasteiger partial charge in [-0.15, -0.1) is 0 Å². The number of hydrogen-bond donors (Lipinski definition) is 2. The molecule has 6 heteroatoms. The van der Waals surface area contributed by atoms with Crippen LogP contribution in [0.3, 0.4) is 0 Å². The van der Waals surface area contributed by atoms with Crippen molar-refractivity contribution >= 4 is 11.0 Å². The fourth-order valence-electron chi connectivity index (χ4n) is 3.85. The Hall–Kier alpha value is -1.56. The minimum Gasteiger partial charge on any atom is -0.346 e. The molecule has 4 nitrogen and oxygen atoms in total. The van der Waals surface area contributed by atoms with Crippen molar-refractivity contribution in [3.63, 3.8) is 0 Å². The van der Waals surface area contributed by atoms with Crippen molar-refractivity contribution in [3.05, 3.63) is 24.3 Å². The number of alkyl halides is 2. The third-order valence-corrected chi connectivity index (χ3v) is 5.20. The summed E-state index contributed by atoms with van der Waals surface area (Å²) in [5.41, 5.74) is 0.860. The van der Waals surface area contributed by atoms with Crippen LogP contribution in [-0.2, 0) is 0 Å². The molecule has 0 aromatic carbocycles. The predicted molar refractivity (Wildman–Crippen MR) is 75.4 cm³/mol. The summed E-state index contributed by atoms with van der Waals surface area (Å²) in [5.74, 6) is -2.32. The van der Waals surface area contributed by atoms with Crippen molar-refractivity contribution in [2.75, 3.05) is 6.54 Å². The van der Waals surface area contributed by atoms with Crippen molar-refractivity contribution in [1.29, 1.82) is 0 Å². The van der Waals surface area contributed by atoms with Gasteiger partial charge in [-0.3, -0.25) is 0 Å². The average molecular weight is 292 g/mol. The van der Waals surface area contributed by atoms with Crippen LogP contribution >= 0.6 is 0 Å². The molecule has 2 aromatic heterocycles. The highest BCUT2D eigenvalue weighted by Gasteiger charge is 2.61. The van der Waals surface area contributed by atoms with Crippen molar-refractivity contribution in [1.82, 2.24) is 20.3 Å². The van der Waals surface area contributed by atoms with Gasteiger partial charge in [0.25, 0.3) is 5.92 Å². The number of halogens is 2. The van der Waals surface area contributed by atoms with Crippen molar-refractivity contribution in [2.24, 2.45) is 0 Å². The van der Waals surface area contributed by atoms with Gasteiger partial charge in [0.15, 0.2) is 0 Å². The number of nitrogens with one attached hydrogen (secondary N) is 2. The van der Waals surface area contributed by atoms with E-state index in [4.69, 9.17) is 0 Å². The van der Waals surface area contributed by atoms with E-state index in [-0.39, 0.29) is 12.5 Å². The first-order valence-electron chi connectivity index (χ1n) is 7.52. The summed E-state index contributed by atoms with van der Waals surface area (Å²) >= 11 is 0. The third-order valence-electron chi connectivity index (χ3n) is 5.20. The van der Waals surface area contributed by atoms with E-state index in [0.717, 1.165) is 36.0 Å². The average Bonchev–Trinajstić information content (AvgIpc) is 2.83. The Balaban J connectivity index is 1.62. The number of H-pyrrole nitrogens is 1. The molecule has 3 heterocycles. The van der Waals surface area contributed by atoms with Gasteiger partial charge in [-0.2, -0.15) is 0 Å². The molecular weight excluding hydrogens is 274 g/mol. The molecule has 1 saturated heterocycles. The minimum atomic E-state index is -2.56. The zero-order valence-corrected chi connectivity index (χ0v) is 11.7. The van der Waals surface area contributed by atoms with Crippen LogP contribution < -0.4 is 5.32 Å². The van der Waals surface area contributed by atoms with Crippen molar-refractivity contribution in [2.45, 2.75) is 49.5 Å². The zero-order chi connectivity index (χ0) is 14.5. The van der Waals surface area contributed by atoms with Crippen LogP contribution in [0.5, 0.6) is 0 Å². The van der Waals surface area contributed by atoms with Crippen LogP contribution in [0, 0.1) is 0 Å². The Morgan fingerprint density at radius 1 is 1.19 bits per heavy atom. The molecule has 2 unspecified atom stereocenters. The van der Waals surface area contributed by atoms with E-state index in [1.807, 2.05) is 12.3 Å². The molecule has 112 valence electrons. The van der Waals surface area contributed by atoms with E-state index >= 15 is 0 Å². The molecule has 0 amide bonds. The van der Waals surface area contributed by atoms with E-state index in [2.05, 4.69) is 20.3 Å². The Bertz CT molecular complexity index is 668. The number of hydrogen-bond acceptors (Lipinski definition) is 3. The van der Waals surface area contributed by atoms with Crippen molar-refractivity contribution in [3.8, 4) is 0 Å². The van der Waals surface area contributed by atoms with Crippen LogP contribution in [0.25, 0.3) is 11.0 Å². The molecular formula is C15H18F2N4. The molecule has 2 fully saturated rings. The molecule has 1 aliphatic heterocycles. The van der Waals surface area contributed by atoms with Crippen molar-refractivity contribution < 1.29 is 8.78 Å². The topological polar surface area (TPSA) is 53.6 Å². The van der Waals surface area contributed by atoms with Gasteiger partial charge in [0.2, 0.25) is 0 Å². The van der Waals surface area contributed by atoms with E-state index in [0.29, 0.717) is 12.8 Å². The van der Waals surface area contributed by atoms with Gasteiger partial charge in [0.1, 0.15) is 12.0 Å². The monoisotopic (exact) mass is 292 g/mol. The molecule has 2 atom stereocenters. The number of nitrogens with zero attached hydrogens (tertiary/aromatic N) is 2. The normalized spacial score (nSPS) is 32.0. The standard InChI is InChI=1S/C15H18F2N4/c16-15(17)8-21-14(15)5-1-2-10(3-6-14)12-11-4-7-18-13(11)20-9-19-12/h4,7,9-10,21H,1-3,5-6,8H2,(H,18,19,20). The first kappa shape index (κ1) is 13.1. The Morgan fingerprint density at radius 3 is 2.86 bits per heavy atom. The number of rotatable bonds is 1. The minimum absolute atomic E-state index is 0.173. The lowest BCUT2D eigenvalue weighted by atomic mass is 9.77. The highest BCUT2D eigenvalue weighted by Crippen LogP contribution is 2.47. The quantitative estimate of drug-likeness (QED) is 0.849.